The highest BCUT2D eigenvalue weighted by atomic mass is 16.6. The van der Waals surface area contributed by atoms with Crippen LogP contribution in [-0.4, -0.2) is 78.5 Å². The number of hydrogen-bond acceptors (Lipinski definition) is 6. The van der Waals surface area contributed by atoms with Crippen molar-refractivity contribution in [2.45, 2.75) is 94.9 Å². The lowest BCUT2D eigenvalue weighted by molar-refractivity contribution is -0.122. The van der Waals surface area contributed by atoms with E-state index in [9.17, 15) is 9.90 Å². The van der Waals surface area contributed by atoms with Gasteiger partial charge in [-0.25, -0.2) is 4.79 Å². The van der Waals surface area contributed by atoms with Crippen LogP contribution in [0.4, 0.5) is 4.79 Å². The molecule has 7 nitrogen and oxygen atoms in total. The Morgan fingerprint density at radius 2 is 2.10 bits per heavy atom. The Balaban J connectivity index is 1.46. The zero-order chi connectivity index (χ0) is 20.8. The molecule has 4 aliphatic rings. The van der Waals surface area contributed by atoms with Crippen LogP contribution in [0.1, 0.15) is 59.3 Å². The number of methoxy groups -OCH3 is 1. The molecule has 3 aliphatic heterocycles. The molecule has 7 atom stereocenters. The number of nitrogens with zero attached hydrogens (tertiary/aromatic N) is 1. The minimum atomic E-state index is -0.335. The van der Waals surface area contributed by atoms with E-state index in [2.05, 4.69) is 20.8 Å². The highest BCUT2D eigenvalue weighted by molar-refractivity contribution is 5.68. The fourth-order valence-electron chi connectivity index (χ4n) is 5.74. The van der Waals surface area contributed by atoms with Gasteiger partial charge in [0.2, 0.25) is 0 Å². The number of carbonyl (C=O) groups excluding carboxylic acids is 1. The summed E-state index contributed by atoms with van der Waals surface area (Å²) >= 11 is 0. The molecule has 1 spiro atoms. The van der Waals surface area contributed by atoms with Gasteiger partial charge in [0.25, 0.3) is 0 Å². The van der Waals surface area contributed by atoms with Crippen LogP contribution in [0, 0.1) is 11.8 Å². The number of aliphatic hydroxyl groups excluding tert-OH is 1. The summed E-state index contributed by atoms with van der Waals surface area (Å²) in [5.41, 5.74) is -0.495. The maximum Gasteiger partial charge on any atom is 0.410 e. The van der Waals surface area contributed by atoms with E-state index in [0.717, 1.165) is 45.1 Å². The predicted octanol–water partition coefficient (Wildman–Crippen LogP) is 2.74. The average Bonchev–Trinajstić information content (AvgIpc) is 3.54. The predicted molar refractivity (Wildman–Crippen MR) is 107 cm³/mol. The first-order valence-electron chi connectivity index (χ1n) is 11.3. The summed E-state index contributed by atoms with van der Waals surface area (Å²) < 4.78 is 24.1. The summed E-state index contributed by atoms with van der Waals surface area (Å²) in [7, 11) is 1.70. The summed E-state index contributed by atoms with van der Waals surface area (Å²) in [4.78, 5) is 14.5. The second kappa shape index (κ2) is 7.98. The zero-order valence-electron chi connectivity index (χ0n) is 18.3. The molecule has 7 heteroatoms. The van der Waals surface area contributed by atoms with E-state index in [1.54, 1.807) is 12.0 Å². The van der Waals surface area contributed by atoms with Gasteiger partial charge in [-0.2, -0.15) is 0 Å². The molecule has 1 N–H and O–H groups in total. The number of hydrogen-bond donors (Lipinski definition) is 1. The maximum atomic E-state index is 12.8. The van der Waals surface area contributed by atoms with E-state index in [-0.39, 0.29) is 54.2 Å². The Hall–Kier alpha value is -0.890. The Morgan fingerprint density at radius 3 is 2.72 bits per heavy atom. The van der Waals surface area contributed by atoms with Crippen molar-refractivity contribution in [3.05, 3.63) is 0 Å². The van der Waals surface area contributed by atoms with Gasteiger partial charge in [-0.15, -0.1) is 0 Å². The van der Waals surface area contributed by atoms with Gasteiger partial charge >= 0.3 is 6.09 Å². The van der Waals surface area contributed by atoms with E-state index in [1.807, 2.05) is 0 Å². The van der Waals surface area contributed by atoms with E-state index in [0.29, 0.717) is 12.5 Å². The minimum Gasteiger partial charge on any atom is -0.443 e. The van der Waals surface area contributed by atoms with Crippen molar-refractivity contribution >= 4 is 6.09 Å². The van der Waals surface area contributed by atoms with Gasteiger partial charge in [-0.05, 0) is 51.4 Å². The lowest BCUT2D eigenvalue weighted by Gasteiger charge is -2.43. The molecule has 0 radical (unpaired) electrons. The monoisotopic (exact) mass is 411 g/mol. The second-order valence-electron chi connectivity index (χ2n) is 9.93. The summed E-state index contributed by atoms with van der Waals surface area (Å²) in [6.45, 7) is 7.99. The van der Waals surface area contributed by atoms with Crippen molar-refractivity contribution in [3.63, 3.8) is 0 Å². The van der Waals surface area contributed by atoms with Crippen LogP contribution in [0.2, 0.25) is 0 Å². The molecule has 166 valence electrons. The first kappa shape index (κ1) is 21.3. The highest BCUT2D eigenvalue weighted by Gasteiger charge is 2.72. The number of likely N-dealkylation sites (tertiary alicyclic amines) is 1. The third kappa shape index (κ3) is 3.91. The first-order valence-corrected chi connectivity index (χ1v) is 11.3. The normalized spacial score (nSPS) is 43.8. The third-order valence-electron chi connectivity index (χ3n) is 7.58. The summed E-state index contributed by atoms with van der Waals surface area (Å²) in [5.74, 6) is 0.698. The standard InChI is InChI=1S/C22H37NO6/c1-14(2)7-8-17-21(3,29-17)19-18(26-4)16(9-10-22(19)13-27-22)28-20(25)23-11-5-6-15(23)12-24/h14-19,24H,5-13H2,1-4H3/t15?,16-,17-,18-,19?,21+,22+/m1/s1. The van der Waals surface area contributed by atoms with Crippen LogP contribution in [-0.2, 0) is 18.9 Å². The van der Waals surface area contributed by atoms with Crippen molar-refractivity contribution in [2.75, 3.05) is 26.9 Å². The number of aliphatic hydroxyl groups is 1. The molecular formula is C22H37NO6. The molecule has 3 heterocycles. The molecule has 0 aromatic heterocycles. The van der Waals surface area contributed by atoms with Crippen LogP contribution >= 0.6 is 0 Å². The topological polar surface area (TPSA) is 84.1 Å². The molecular weight excluding hydrogens is 374 g/mol. The Kier molecular flexibility index (Phi) is 5.88. The molecule has 2 unspecified atom stereocenters. The number of rotatable bonds is 7. The molecule has 4 fully saturated rings. The summed E-state index contributed by atoms with van der Waals surface area (Å²) in [5, 5.41) is 9.53. The molecule has 3 saturated heterocycles. The van der Waals surface area contributed by atoms with E-state index < -0.39 is 0 Å². The van der Waals surface area contributed by atoms with Gasteiger partial charge in [0, 0.05) is 13.7 Å². The van der Waals surface area contributed by atoms with Crippen molar-refractivity contribution in [3.8, 4) is 0 Å². The average molecular weight is 412 g/mol. The fraction of sp³-hybridized carbons (Fsp3) is 0.955. The largest absolute Gasteiger partial charge is 0.443 e. The number of carbonyl (C=O) groups is 1. The molecule has 1 amide bonds. The maximum absolute atomic E-state index is 12.8. The second-order valence-corrected chi connectivity index (χ2v) is 9.93. The molecule has 1 saturated carbocycles. The molecule has 1 aliphatic carbocycles. The van der Waals surface area contributed by atoms with Crippen LogP contribution in [0.15, 0.2) is 0 Å². The smallest absolute Gasteiger partial charge is 0.410 e. The van der Waals surface area contributed by atoms with Crippen molar-refractivity contribution in [1.29, 1.82) is 0 Å². The Labute approximate surface area is 174 Å². The molecule has 0 aromatic rings. The summed E-state index contributed by atoms with van der Waals surface area (Å²) in [6.07, 6.45) is 4.79. The first-order chi connectivity index (χ1) is 13.8. The molecule has 0 aromatic carbocycles. The van der Waals surface area contributed by atoms with Gasteiger partial charge in [-0.3, -0.25) is 0 Å². The van der Waals surface area contributed by atoms with Crippen molar-refractivity contribution in [2.24, 2.45) is 11.8 Å². The van der Waals surface area contributed by atoms with Gasteiger partial charge < -0.3 is 29.0 Å². The van der Waals surface area contributed by atoms with Gasteiger partial charge in [0.15, 0.2) is 0 Å². The highest BCUT2D eigenvalue weighted by Crippen LogP contribution is 2.59. The van der Waals surface area contributed by atoms with E-state index in [4.69, 9.17) is 18.9 Å². The zero-order valence-corrected chi connectivity index (χ0v) is 18.3. The molecule has 29 heavy (non-hydrogen) atoms. The van der Waals surface area contributed by atoms with Crippen molar-refractivity contribution < 1.29 is 28.8 Å². The van der Waals surface area contributed by atoms with Crippen LogP contribution < -0.4 is 0 Å². The van der Waals surface area contributed by atoms with Crippen LogP contribution in [0.25, 0.3) is 0 Å². The fourth-order valence-corrected chi connectivity index (χ4v) is 5.74. The minimum absolute atomic E-state index is 0.0174. The molecule has 0 bridgehead atoms. The number of epoxide rings is 2. The van der Waals surface area contributed by atoms with Crippen LogP contribution in [0.5, 0.6) is 0 Å². The Morgan fingerprint density at radius 1 is 1.34 bits per heavy atom. The van der Waals surface area contributed by atoms with E-state index >= 15 is 0 Å². The van der Waals surface area contributed by atoms with Gasteiger partial charge in [0.1, 0.15) is 23.4 Å². The van der Waals surface area contributed by atoms with Crippen molar-refractivity contribution in [1.82, 2.24) is 4.90 Å². The van der Waals surface area contributed by atoms with Gasteiger partial charge in [0.05, 0.1) is 31.3 Å². The third-order valence-corrected chi connectivity index (χ3v) is 7.58. The van der Waals surface area contributed by atoms with Gasteiger partial charge in [-0.1, -0.05) is 13.8 Å². The Bertz CT molecular complexity index is 608. The summed E-state index contributed by atoms with van der Waals surface area (Å²) in [6, 6.07) is -0.134. The number of amides is 1. The number of ether oxygens (including phenoxy) is 4. The quantitative estimate of drug-likeness (QED) is 0.649. The molecule has 4 rings (SSSR count). The van der Waals surface area contributed by atoms with E-state index in [1.165, 1.54) is 0 Å². The SMILES string of the molecule is CO[C@H]1C([C@@]2(C)O[C@@H]2CCC(C)C)[C@]2(CC[C@H]1OC(=O)N1CCCC1CO)CO2. The van der Waals surface area contributed by atoms with Crippen LogP contribution in [0.3, 0.4) is 0 Å². The lowest BCUT2D eigenvalue weighted by atomic mass is 9.68. The lowest BCUT2D eigenvalue weighted by Crippen LogP contribution is -2.56.